The molecule has 0 unspecified atom stereocenters. The fourth-order valence-electron chi connectivity index (χ4n) is 5.34. The lowest BCUT2D eigenvalue weighted by atomic mass is 9.92. The van der Waals surface area contributed by atoms with E-state index in [9.17, 15) is 4.79 Å². The van der Waals surface area contributed by atoms with E-state index in [0.717, 1.165) is 74.7 Å². The number of fused-ring (bicyclic) bond motifs is 2. The van der Waals surface area contributed by atoms with Gasteiger partial charge in [-0.2, -0.15) is 0 Å². The van der Waals surface area contributed by atoms with Crippen LogP contribution in [0.3, 0.4) is 0 Å². The number of methoxy groups -OCH3 is 1. The number of benzene rings is 3. The van der Waals surface area contributed by atoms with Gasteiger partial charge in [0.05, 0.1) is 31.2 Å². The van der Waals surface area contributed by atoms with E-state index in [0.29, 0.717) is 19.4 Å². The van der Waals surface area contributed by atoms with Gasteiger partial charge in [-0.1, -0.05) is 0 Å². The minimum absolute atomic E-state index is 0.155. The molecule has 1 aliphatic heterocycles. The van der Waals surface area contributed by atoms with E-state index in [1.807, 2.05) is 35.1 Å². The number of hydrogen-bond donors (Lipinski definition) is 0. The van der Waals surface area contributed by atoms with Gasteiger partial charge < -0.3 is 28.6 Å². The van der Waals surface area contributed by atoms with Crippen molar-refractivity contribution < 1.29 is 18.7 Å². The predicted octanol–water partition coefficient (Wildman–Crippen LogP) is 5.55. The highest BCUT2D eigenvalue weighted by molar-refractivity contribution is 6.05. The number of ether oxygens (including phenoxy) is 2. The van der Waals surface area contributed by atoms with E-state index >= 15 is 0 Å². The summed E-state index contributed by atoms with van der Waals surface area (Å²) in [7, 11) is 14.0. The Morgan fingerprint density at radius 3 is 2.29 bits per heavy atom. The van der Waals surface area contributed by atoms with Crippen LogP contribution in [0.2, 0.25) is 0 Å². The first-order valence-electron chi connectivity index (χ1n) is 14.6. The van der Waals surface area contributed by atoms with Crippen LogP contribution in [0, 0.1) is 0 Å². The standard InChI is InChI=1S/C34H45N4O4/c1-10-38(18-12-13-33(39)41-11-2)29-22-30(40-9)27(21-28(29)37(7)8)34-25-16-14-23(35(3)4)19-31(25)42-32-20-24(36(5)6)15-17-26(32)34/h14-17,19-22H,10-13,18H2,1-9H3/q+1. The summed E-state index contributed by atoms with van der Waals surface area (Å²) in [5.74, 6) is 1.44. The largest absolute Gasteiger partial charge is 0.496 e. The molecule has 0 saturated carbocycles. The topological polar surface area (TPSA) is 61.4 Å². The van der Waals surface area contributed by atoms with Crippen LogP contribution in [0.15, 0.2) is 52.9 Å². The summed E-state index contributed by atoms with van der Waals surface area (Å²) in [6.45, 7) is 5.90. The molecule has 0 N–H and O–H groups in total. The number of nitrogens with zero attached hydrogens (tertiary/aromatic N) is 4. The van der Waals surface area contributed by atoms with E-state index < -0.39 is 0 Å². The lowest BCUT2D eigenvalue weighted by Crippen LogP contribution is -2.27. The fourth-order valence-corrected chi connectivity index (χ4v) is 5.34. The number of carbonyl (C=O) groups is 1. The molecule has 0 saturated heterocycles. The summed E-state index contributed by atoms with van der Waals surface area (Å²) >= 11 is 0. The van der Waals surface area contributed by atoms with Gasteiger partial charge in [0.1, 0.15) is 31.2 Å². The van der Waals surface area contributed by atoms with Gasteiger partial charge in [-0.3, -0.25) is 4.79 Å². The normalized spacial score (nSPS) is 11.1. The fraction of sp³-hybridized carbons (Fsp3) is 0.412. The molecule has 0 spiro atoms. The van der Waals surface area contributed by atoms with Crippen molar-refractivity contribution in [1.82, 2.24) is 4.58 Å². The van der Waals surface area contributed by atoms with Crippen molar-refractivity contribution in [2.45, 2.75) is 26.7 Å². The molecule has 4 rings (SSSR count). The van der Waals surface area contributed by atoms with Crippen molar-refractivity contribution in [1.29, 1.82) is 0 Å². The molecule has 0 aromatic heterocycles. The predicted molar refractivity (Wildman–Crippen MR) is 174 cm³/mol. The number of anilines is 3. The second-order valence-corrected chi connectivity index (χ2v) is 11.1. The molecule has 1 heterocycles. The van der Waals surface area contributed by atoms with Crippen molar-refractivity contribution >= 4 is 34.0 Å². The van der Waals surface area contributed by atoms with Gasteiger partial charge in [-0.25, -0.2) is 4.58 Å². The highest BCUT2D eigenvalue weighted by Crippen LogP contribution is 2.47. The molecule has 1 aliphatic carbocycles. The number of hydrogen-bond acceptors (Lipinski definition) is 7. The summed E-state index contributed by atoms with van der Waals surface area (Å²) in [5.41, 5.74) is 7.09. The van der Waals surface area contributed by atoms with Crippen LogP contribution in [0.4, 0.5) is 17.1 Å². The minimum Gasteiger partial charge on any atom is -0.496 e. The molecule has 0 fully saturated rings. The molecular weight excluding hydrogens is 528 g/mol. The number of rotatable bonds is 11. The van der Waals surface area contributed by atoms with Crippen molar-refractivity contribution in [3.63, 3.8) is 0 Å². The van der Waals surface area contributed by atoms with Crippen LogP contribution in [0.1, 0.15) is 26.7 Å². The summed E-state index contributed by atoms with van der Waals surface area (Å²) in [6, 6.07) is 17.1. The maximum absolute atomic E-state index is 12.0. The molecule has 2 aromatic rings. The molecule has 224 valence electrons. The van der Waals surface area contributed by atoms with Crippen molar-refractivity contribution in [2.24, 2.45) is 0 Å². The van der Waals surface area contributed by atoms with Gasteiger partial charge in [0.15, 0.2) is 0 Å². The highest BCUT2D eigenvalue weighted by atomic mass is 16.5. The van der Waals surface area contributed by atoms with Crippen molar-refractivity contribution in [3.8, 4) is 28.2 Å². The second-order valence-electron chi connectivity index (χ2n) is 11.1. The van der Waals surface area contributed by atoms with Crippen LogP contribution < -0.4 is 29.4 Å². The van der Waals surface area contributed by atoms with E-state index in [1.165, 1.54) is 0 Å². The van der Waals surface area contributed by atoms with Crippen LogP contribution in [0.5, 0.6) is 5.75 Å². The third-order valence-corrected chi connectivity index (χ3v) is 7.61. The summed E-state index contributed by atoms with van der Waals surface area (Å²) in [4.78, 5) is 18.5. The van der Waals surface area contributed by atoms with Crippen LogP contribution in [-0.2, 0) is 9.53 Å². The molecule has 2 aliphatic rings. The maximum atomic E-state index is 12.0. The molecule has 2 aromatic carbocycles. The average molecular weight is 574 g/mol. The second kappa shape index (κ2) is 13.2. The van der Waals surface area contributed by atoms with Crippen molar-refractivity contribution in [2.75, 3.05) is 83.8 Å². The lowest BCUT2D eigenvalue weighted by molar-refractivity contribution is -0.143. The Morgan fingerprint density at radius 1 is 0.905 bits per heavy atom. The van der Waals surface area contributed by atoms with Gasteiger partial charge in [0, 0.05) is 93.7 Å². The zero-order chi connectivity index (χ0) is 30.6. The molecule has 8 nitrogen and oxygen atoms in total. The Kier molecular flexibility index (Phi) is 9.66. The average Bonchev–Trinajstić information content (AvgIpc) is 2.97. The highest BCUT2D eigenvalue weighted by Gasteiger charge is 2.24. The maximum Gasteiger partial charge on any atom is 0.305 e. The van der Waals surface area contributed by atoms with E-state index in [4.69, 9.17) is 13.9 Å². The van der Waals surface area contributed by atoms with Gasteiger partial charge >= 0.3 is 5.97 Å². The summed E-state index contributed by atoms with van der Waals surface area (Å²) in [5, 5.41) is 2.08. The molecule has 0 atom stereocenters. The Bertz CT molecular complexity index is 1600. The van der Waals surface area contributed by atoms with Gasteiger partial charge in [-0.05, 0) is 44.5 Å². The number of esters is 1. The molecule has 0 bridgehead atoms. The van der Waals surface area contributed by atoms with Gasteiger partial charge in [0.25, 0.3) is 0 Å². The Morgan fingerprint density at radius 2 is 1.67 bits per heavy atom. The third kappa shape index (κ3) is 6.32. The summed E-state index contributed by atoms with van der Waals surface area (Å²) < 4.78 is 19.9. The first kappa shape index (κ1) is 30.8. The smallest absolute Gasteiger partial charge is 0.305 e. The SMILES string of the molecule is CCOC(=O)CCCN(CC)c1cc(OC)c(-c2c3ccc(=[N+](C)C)cc-3oc3cc(N(C)C)ccc23)cc1N(C)C. The third-order valence-electron chi connectivity index (χ3n) is 7.61. The molecule has 0 amide bonds. The van der Waals surface area contributed by atoms with Crippen LogP contribution >= 0.6 is 0 Å². The monoisotopic (exact) mass is 573 g/mol. The van der Waals surface area contributed by atoms with E-state index in [-0.39, 0.29) is 5.97 Å². The minimum atomic E-state index is -0.155. The molecule has 42 heavy (non-hydrogen) atoms. The number of carbonyl (C=O) groups excluding carboxylic acids is 1. The molecular formula is C34H45N4O4+. The van der Waals surface area contributed by atoms with E-state index in [2.05, 4.69) is 88.8 Å². The first-order valence-corrected chi connectivity index (χ1v) is 14.6. The molecule has 8 heteroatoms. The Hall–Kier alpha value is -4.20. The first-order chi connectivity index (χ1) is 20.1. The lowest BCUT2D eigenvalue weighted by Gasteiger charge is -2.30. The zero-order valence-corrected chi connectivity index (χ0v) is 26.6. The zero-order valence-electron chi connectivity index (χ0n) is 26.6. The van der Waals surface area contributed by atoms with Crippen molar-refractivity contribution in [3.05, 3.63) is 53.9 Å². The quantitative estimate of drug-likeness (QED) is 0.133. The Labute approximate surface area is 249 Å². The summed E-state index contributed by atoms with van der Waals surface area (Å²) in [6.07, 6.45) is 1.10. The van der Waals surface area contributed by atoms with Crippen LogP contribution in [-0.4, -0.2) is 75.1 Å². The van der Waals surface area contributed by atoms with Gasteiger partial charge in [-0.15, -0.1) is 0 Å². The van der Waals surface area contributed by atoms with E-state index in [1.54, 1.807) is 7.11 Å². The van der Waals surface area contributed by atoms with Crippen LogP contribution in [0.25, 0.3) is 33.4 Å². The van der Waals surface area contributed by atoms with Gasteiger partial charge in [0.2, 0.25) is 5.36 Å². The molecule has 0 radical (unpaired) electrons. The Balaban J connectivity index is 1.95.